The maximum atomic E-state index is 12.0. The molecule has 4 heteroatoms. The van der Waals surface area contributed by atoms with Crippen LogP contribution >= 0.6 is 0 Å². The largest absolute Gasteiger partial charge is 0.373 e. The fourth-order valence-corrected chi connectivity index (χ4v) is 2.83. The Morgan fingerprint density at radius 2 is 1.82 bits per heavy atom. The zero-order valence-electron chi connectivity index (χ0n) is 14.1. The molecule has 0 spiro atoms. The summed E-state index contributed by atoms with van der Waals surface area (Å²) in [4.78, 5) is 14.4. The van der Waals surface area contributed by atoms with Crippen molar-refractivity contribution < 1.29 is 9.53 Å². The van der Waals surface area contributed by atoms with E-state index in [0.29, 0.717) is 12.5 Å². The molecule has 1 heterocycles. The summed E-state index contributed by atoms with van der Waals surface area (Å²) < 4.78 is 5.76. The monoisotopic (exact) mass is 304 g/mol. The van der Waals surface area contributed by atoms with Crippen molar-refractivity contribution in [2.45, 2.75) is 46.4 Å². The van der Waals surface area contributed by atoms with Crippen molar-refractivity contribution >= 4 is 5.91 Å². The first-order chi connectivity index (χ1) is 10.4. The van der Waals surface area contributed by atoms with Crippen molar-refractivity contribution in [1.82, 2.24) is 10.2 Å². The Balaban J connectivity index is 1.90. The predicted molar refractivity (Wildman–Crippen MR) is 88.9 cm³/mol. The number of morpholine rings is 1. The molecule has 0 saturated carbocycles. The number of hydrogen-bond acceptors (Lipinski definition) is 3. The van der Waals surface area contributed by atoms with Gasteiger partial charge in [0.05, 0.1) is 12.2 Å². The first-order valence-corrected chi connectivity index (χ1v) is 8.19. The molecule has 1 aliphatic rings. The zero-order chi connectivity index (χ0) is 16.1. The smallest absolute Gasteiger partial charge is 0.251 e. The lowest BCUT2D eigenvalue weighted by Gasteiger charge is -2.35. The Hall–Kier alpha value is -1.39. The topological polar surface area (TPSA) is 41.6 Å². The highest BCUT2D eigenvalue weighted by Crippen LogP contribution is 2.14. The lowest BCUT2D eigenvalue weighted by atomic mass is 10.1. The lowest BCUT2D eigenvalue weighted by Crippen LogP contribution is -2.44. The third-order valence-corrected chi connectivity index (χ3v) is 3.79. The van der Waals surface area contributed by atoms with E-state index >= 15 is 0 Å². The summed E-state index contributed by atoms with van der Waals surface area (Å²) in [5.41, 5.74) is 1.97. The molecule has 0 aromatic heterocycles. The molecule has 1 amide bonds. The minimum absolute atomic E-state index is 0.00821. The van der Waals surface area contributed by atoms with Gasteiger partial charge in [0.25, 0.3) is 5.91 Å². The molecule has 1 N–H and O–H groups in total. The lowest BCUT2D eigenvalue weighted by molar-refractivity contribution is -0.0704. The molecule has 1 saturated heterocycles. The van der Waals surface area contributed by atoms with Crippen LogP contribution in [-0.4, -0.2) is 42.6 Å². The highest BCUT2D eigenvalue weighted by molar-refractivity contribution is 5.94. The SMILES string of the molecule is CC(C)CNC(=O)c1ccc(CN2C[C@@H](C)O[C@@H](C)C2)cc1. The van der Waals surface area contributed by atoms with E-state index in [4.69, 9.17) is 4.74 Å². The molecule has 1 aromatic rings. The maximum Gasteiger partial charge on any atom is 0.251 e. The van der Waals surface area contributed by atoms with Gasteiger partial charge in [-0.2, -0.15) is 0 Å². The van der Waals surface area contributed by atoms with Crippen LogP contribution in [0.5, 0.6) is 0 Å². The van der Waals surface area contributed by atoms with Crippen LogP contribution in [0.3, 0.4) is 0 Å². The van der Waals surface area contributed by atoms with Crippen LogP contribution in [-0.2, 0) is 11.3 Å². The molecule has 1 fully saturated rings. The highest BCUT2D eigenvalue weighted by atomic mass is 16.5. The number of carbonyl (C=O) groups is 1. The molecule has 0 bridgehead atoms. The second-order valence-electron chi connectivity index (χ2n) is 6.75. The van der Waals surface area contributed by atoms with Gasteiger partial charge < -0.3 is 10.1 Å². The summed E-state index contributed by atoms with van der Waals surface area (Å²) >= 11 is 0. The van der Waals surface area contributed by atoms with E-state index < -0.39 is 0 Å². The van der Waals surface area contributed by atoms with Crippen molar-refractivity contribution in [3.8, 4) is 0 Å². The van der Waals surface area contributed by atoms with Crippen LogP contribution in [0.1, 0.15) is 43.6 Å². The molecule has 0 aliphatic carbocycles. The minimum atomic E-state index is 0.00821. The van der Waals surface area contributed by atoms with Crippen LogP contribution in [0, 0.1) is 5.92 Å². The standard InChI is InChI=1S/C18H28N2O2/c1-13(2)9-19-18(21)17-7-5-16(6-8-17)12-20-10-14(3)22-15(4)11-20/h5-8,13-15H,9-12H2,1-4H3,(H,19,21)/t14-,15+. The van der Waals surface area contributed by atoms with Gasteiger partial charge in [0.2, 0.25) is 0 Å². The molecule has 22 heavy (non-hydrogen) atoms. The van der Waals surface area contributed by atoms with Crippen molar-refractivity contribution in [3.05, 3.63) is 35.4 Å². The summed E-state index contributed by atoms with van der Waals surface area (Å²) in [5.74, 6) is 0.474. The molecule has 1 aliphatic heterocycles. The maximum absolute atomic E-state index is 12.0. The Labute approximate surface area is 133 Å². The van der Waals surface area contributed by atoms with Gasteiger partial charge in [0, 0.05) is 31.7 Å². The second-order valence-corrected chi connectivity index (χ2v) is 6.75. The Kier molecular flexibility index (Phi) is 5.98. The Bertz CT molecular complexity index is 474. The quantitative estimate of drug-likeness (QED) is 0.909. The summed E-state index contributed by atoms with van der Waals surface area (Å²) in [6.45, 7) is 12.0. The molecular weight excluding hydrogens is 276 g/mol. The van der Waals surface area contributed by atoms with E-state index in [1.165, 1.54) is 5.56 Å². The van der Waals surface area contributed by atoms with Crippen LogP contribution in [0.4, 0.5) is 0 Å². The number of amides is 1. The van der Waals surface area contributed by atoms with E-state index in [-0.39, 0.29) is 18.1 Å². The van der Waals surface area contributed by atoms with Gasteiger partial charge in [-0.1, -0.05) is 26.0 Å². The van der Waals surface area contributed by atoms with Gasteiger partial charge in [-0.15, -0.1) is 0 Å². The highest BCUT2D eigenvalue weighted by Gasteiger charge is 2.22. The summed E-state index contributed by atoms with van der Waals surface area (Å²) in [6.07, 6.45) is 0.565. The predicted octanol–water partition coefficient (Wildman–Crippen LogP) is 2.68. The van der Waals surface area contributed by atoms with Gasteiger partial charge in [-0.25, -0.2) is 0 Å². The first kappa shape index (κ1) is 17.0. The van der Waals surface area contributed by atoms with E-state index in [2.05, 4.69) is 50.0 Å². The summed E-state index contributed by atoms with van der Waals surface area (Å²) in [7, 11) is 0. The van der Waals surface area contributed by atoms with E-state index in [0.717, 1.165) is 25.2 Å². The molecule has 1 aromatic carbocycles. The fraction of sp³-hybridized carbons (Fsp3) is 0.611. The summed E-state index contributed by atoms with van der Waals surface area (Å²) in [6, 6.07) is 7.93. The molecule has 2 rings (SSSR count). The number of rotatable bonds is 5. The van der Waals surface area contributed by atoms with E-state index in [9.17, 15) is 4.79 Å². The molecule has 0 radical (unpaired) electrons. The van der Waals surface area contributed by atoms with E-state index in [1.807, 2.05) is 12.1 Å². The molecule has 2 atom stereocenters. The van der Waals surface area contributed by atoms with Crippen molar-refractivity contribution in [2.24, 2.45) is 5.92 Å². The second kappa shape index (κ2) is 7.75. The third-order valence-electron chi connectivity index (χ3n) is 3.79. The number of nitrogens with zero attached hydrogens (tertiary/aromatic N) is 1. The molecule has 0 unspecified atom stereocenters. The van der Waals surface area contributed by atoms with Gasteiger partial charge in [0.15, 0.2) is 0 Å². The third kappa shape index (κ3) is 5.11. The average molecular weight is 304 g/mol. The normalized spacial score (nSPS) is 22.8. The van der Waals surface area contributed by atoms with E-state index in [1.54, 1.807) is 0 Å². The number of ether oxygens (including phenoxy) is 1. The number of hydrogen-bond donors (Lipinski definition) is 1. The Morgan fingerprint density at radius 3 is 2.36 bits per heavy atom. The fourth-order valence-electron chi connectivity index (χ4n) is 2.83. The van der Waals surface area contributed by atoms with Crippen LogP contribution in [0.2, 0.25) is 0 Å². The zero-order valence-corrected chi connectivity index (χ0v) is 14.1. The van der Waals surface area contributed by atoms with Crippen LogP contribution in [0.15, 0.2) is 24.3 Å². The first-order valence-electron chi connectivity index (χ1n) is 8.19. The van der Waals surface area contributed by atoms with Crippen LogP contribution in [0.25, 0.3) is 0 Å². The van der Waals surface area contributed by atoms with Gasteiger partial charge in [-0.3, -0.25) is 9.69 Å². The van der Waals surface area contributed by atoms with Crippen molar-refractivity contribution in [2.75, 3.05) is 19.6 Å². The van der Waals surface area contributed by atoms with Crippen molar-refractivity contribution in [3.63, 3.8) is 0 Å². The van der Waals surface area contributed by atoms with Gasteiger partial charge >= 0.3 is 0 Å². The molecular formula is C18H28N2O2. The van der Waals surface area contributed by atoms with Gasteiger partial charge in [0.1, 0.15) is 0 Å². The van der Waals surface area contributed by atoms with Crippen LogP contribution < -0.4 is 5.32 Å². The van der Waals surface area contributed by atoms with Crippen molar-refractivity contribution in [1.29, 1.82) is 0 Å². The summed E-state index contributed by atoms with van der Waals surface area (Å²) in [5, 5.41) is 2.94. The molecule has 4 nitrogen and oxygen atoms in total. The number of carbonyl (C=O) groups excluding carboxylic acids is 1. The number of benzene rings is 1. The Morgan fingerprint density at radius 1 is 1.23 bits per heavy atom. The minimum Gasteiger partial charge on any atom is -0.373 e. The molecule has 122 valence electrons. The average Bonchev–Trinajstić information content (AvgIpc) is 2.44. The number of nitrogens with one attached hydrogen (secondary N) is 1. The van der Waals surface area contributed by atoms with Gasteiger partial charge in [-0.05, 0) is 37.5 Å².